The molecular formula is C15H13ClN2O. The summed E-state index contributed by atoms with van der Waals surface area (Å²) in [4.78, 5) is 13.8. The molecule has 4 heteroatoms. The van der Waals surface area contributed by atoms with Crippen LogP contribution in [0.5, 0.6) is 0 Å². The summed E-state index contributed by atoms with van der Waals surface area (Å²) in [6, 6.07) is 17.1. The predicted octanol–water partition coefficient (Wildman–Crippen LogP) is 3.61. The van der Waals surface area contributed by atoms with Crippen molar-refractivity contribution in [2.24, 2.45) is 0 Å². The summed E-state index contributed by atoms with van der Waals surface area (Å²) in [5.74, 6) is 0. The molecule has 0 aromatic heterocycles. The third kappa shape index (κ3) is 2.17. The van der Waals surface area contributed by atoms with Crippen molar-refractivity contribution in [1.29, 1.82) is 0 Å². The van der Waals surface area contributed by atoms with E-state index in [2.05, 4.69) is 5.32 Å². The van der Waals surface area contributed by atoms with Crippen LogP contribution in [0.3, 0.4) is 0 Å². The standard InChI is InChI=1S/C15H13ClN2O/c16-13-9-5-4-8-12(13)14-10-17-15(19)18(14)11-6-2-1-3-7-11/h1-9,14H,10H2,(H,17,19). The Balaban J connectivity index is 2.02. The van der Waals surface area contributed by atoms with E-state index in [0.29, 0.717) is 11.6 Å². The molecule has 2 aromatic carbocycles. The Morgan fingerprint density at radius 2 is 1.74 bits per heavy atom. The Kier molecular flexibility index (Phi) is 3.13. The number of anilines is 1. The normalized spacial score (nSPS) is 18.5. The van der Waals surface area contributed by atoms with Crippen molar-refractivity contribution in [2.45, 2.75) is 6.04 Å². The summed E-state index contributed by atoms with van der Waals surface area (Å²) in [6.45, 7) is 0.567. The molecule has 1 heterocycles. The summed E-state index contributed by atoms with van der Waals surface area (Å²) < 4.78 is 0. The molecule has 3 rings (SSSR count). The van der Waals surface area contributed by atoms with Gasteiger partial charge >= 0.3 is 6.03 Å². The summed E-state index contributed by atoms with van der Waals surface area (Å²) >= 11 is 6.24. The van der Waals surface area contributed by atoms with Crippen molar-refractivity contribution in [2.75, 3.05) is 11.4 Å². The van der Waals surface area contributed by atoms with Gasteiger partial charge in [0.25, 0.3) is 0 Å². The van der Waals surface area contributed by atoms with Crippen LogP contribution in [0.1, 0.15) is 11.6 Å². The second-order valence-electron chi connectivity index (χ2n) is 4.43. The first-order valence-electron chi connectivity index (χ1n) is 6.14. The molecule has 0 radical (unpaired) electrons. The molecule has 0 saturated carbocycles. The van der Waals surface area contributed by atoms with Gasteiger partial charge in [-0.2, -0.15) is 0 Å². The molecule has 2 aromatic rings. The second-order valence-corrected chi connectivity index (χ2v) is 4.84. The zero-order valence-corrected chi connectivity index (χ0v) is 11.0. The number of benzene rings is 2. The monoisotopic (exact) mass is 272 g/mol. The average molecular weight is 273 g/mol. The van der Waals surface area contributed by atoms with Crippen LogP contribution < -0.4 is 10.2 Å². The minimum absolute atomic E-state index is 0.0661. The predicted molar refractivity (Wildman–Crippen MR) is 76.5 cm³/mol. The largest absolute Gasteiger partial charge is 0.335 e. The zero-order valence-electron chi connectivity index (χ0n) is 10.2. The smallest absolute Gasteiger partial charge is 0.322 e. The topological polar surface area (TPSA) is 32.3 Å². The van der Waals surface area contributed by atoms with E-state index < -0.39 is 0 Å². The van der Waals surface area contributed by atoms with Gasteiger partial charge in [-0.15, -0.1) is 0 Å². The fourth-order valence-corrected chi connectivity index (χ4v) is 2.64. The van der Waals surface area contributed by atoms with Gasteiger partial charge in [-0.05, 0) is 23.8 Å². The molecule has 1 aliphatic heterocycles. The van der Waals surface area contributed by atoms with Crippen molar-refractivity contribution in [1.82, 2.24) is 5.32 Å². The lowest BCUT2D eigenvalue weighted by Gasteiger charge is -2.24. The highest BCUT2D eigenvalue weighted by Crippen LogP contribution is 2.33. The third-order valence-electron chi connectivity index (χ3n) is 3.28. The maximum Gasteiger partial charge on any atom is 0.322 e. The number of hydrogen-bond acceptors (Lipinski definition) is 1. The van der Waals surface area contributed by atoms with Gasteiger partial charge in [-0.1, -0.05) is 48.0 Å². The number of amides is 2. The summed E-state index contributed by atoms with van der Waals surface area (Å²) in [6.07, 6.45) is 0. The van der Waals surface area contributed by atoms with Gasteiger partial charge in [0.15, 0.2) is 0 Å². The van der Waals surface area contributed by atoms with E-state index in [0.717, 1.165) is 11.3 Å². The highest BCUT2D eigenvalue weighted by atomic mass is 35.5. The van der Waals surface area contributed by atoms with Gasteiger partial charge in [0.2, 0.25) is 0 Å². The maximum atomic E-state index is 12.0. The lowest BCUT2D eigenvalue weighted by Crippen LogP contribution is -2.29. The van der Waals surface area contributed by atoms with Crippen molar-refractivity contribution in [3.05, 3.63) is 65.2 Å². The van der Waals surface area contributed by atoms with Crippen LogP contribution in [0.15, 0.2) is 54.6 Å². The molecule has 0 aliphatic carbocycles. The minimum atomic E-state index is -0.0869. The maximum absolute atomic E-state index is 12.0. The van der Waals surface area contributed by atoms with Crippen LogP contribution in [-0.2, 0) is 0 Å². The minimum Gasteiger partial charge on any atom is -0.335 e. The highest BCUT2D eigenvalue weighted by molar-refractivity contribution is 6.31. The van der Waals surface area contributed by atoms with Gasteiger partial charge in [-0.25, -0.2) is 4.79 Å². The fourth-order valence-electron chi connectivity index (χ4n) is 2.38. The fraction of sp³-hybridized carbons (Fsp3) is 0.133. The first kappa shape index (κ1) is 12.1. The van der Waals surface area contributed by atoms with E-state index in [1.54, 1.807) is 4.90 Å². The zero-order chi connectivity index (χ0) is 13.2. The van der Waals surface area contributed by atoms with E-state index in [-0.39, 0.29) is 12.1 Å². The molecule has 3 nitrogen and oxygen atoms in total. The number of halogens is 1. The molecule has 1 N–H and O–H groups in total. The Morgan fingerprint density at radius 1 is 1.05 bits per heavy atom. The lowest BCUT2D eigenvalue weighted by atomic mass is 10.1. The Bertz CT molecular complexity index is 600. The summed E-state index contributed by atoms with van der Waals surface area (Å²) in [5.41, 5.74) is 1.84. The van der Waals surface area contributed by atoms with Gasteiger partial charge in [0, 0.05) is 17.3 Å². The summed E-state index contributed by atoms with van der Waals surface area (Å²) in [7, 11) is 0. The van der Waals surface area contributed by atoms with Crippen LogP contribution in [-0.4, -0.2) is 12.6 Å². The molecule has 1 aliphatic rings. The highest BCUT2D eigenvalue weighted by Gasteiger charge is 2.33. The molecular weight excluding hydrogens is 260 g/mol. The van der Waals surface area contributed by atoms with Crippen LogP contribution in [0.25, 0.3) is 0 Å². The third-order valence-corrected chi connectivity index (χ3v) is 3.62. The van der Waals surface area contributed by atoms with Crippen molar-refractivity contribution >= 4 is 23.3 Å². The molecule has 1 atom stereocenters. The van der Waals surface area contributed by atoms with E-state index in [4.69, 9.17) is 11.6 Å². The van der Waals surface area contributed by atoms with Crippen molar-refractivity contribution < 1.29 is 4.79 Å². The summed E-state index contributed by atoms with van der Waals surface area (Å²) in [5, 5.41) is 3.56. The van der Waals surface area contributed by atoms with Gasteiger partial charge in [0.05, 0.1) is 6.04 Å². The van der Waals surface area contributed by atoms with Crippen LogP contribution >= 0.6 is 11.6 Å². The van der Waals surface area contributed by atoms with Crippen LogP contribution in [0.4, 0.5) is 10.5 Å². The first-order valence-corrected chi connectivity index (χ1v) is 6.51. The van der Waals surface area contributed by atoms with Crippen molar-refractivity contribution in [3.63, 3.8) is 0 Å². The number of para-hydroxylation sites is 1. The van der Waals surface area contributed by atoms with Gasteiger partial charge < -0.3 is 5.32 Å². The molecule has 1 fully saturated rings. The molecule has 0 bridgehead atoms. The number of hydrogen-bond donors (Lipinski definition) is 1. The molecule has 1 saturated heterocycles. The number of carbonyl (C=O) groups excluding carboxylic acids is 1. The van der Waals surface area contributed by atoms with Crippen LogP contribution in [0, 0.1) is 0 Å². The average Bonchev–Trinajstić information content (AvgIpc) is 2.82. The molecule has 2 amide bonds. The van der Waals surface area contributed by atoms with Gasteiger partial charge in [-0.3, -0.25) is 4.90 Å². The number of urea groups is 1. The number of rotatable bonds is 2. The van der Waals surface area contributed by atoms with E-state index in [1.165, 1.54) is 0 Å². The van der Waals surface area contributed by atoms with Gasteiger partial charge in [0.1, 0.15) is 0 Å². The second kappa shape index (κ2) is 4.94. The Morgan fingerprint density at radius 3 is 2.47 bits per heavy atom. The molecule has 96 valence electrons. The number of nitrogens with zero attached hydrogens (tertiary/aromatic N) is 1. The SMILES string of the molecule is O=C1NCC(c2ccccc2Cl)N1c1ccccc1. The lowest BCUT2D eigenvalue weighted by molar-refractivity contribution is 0.251. The van der Waals surface area contributed by atoms with Crippen molar-refractivity contribution in [3.8, 4) is 0 Å². The van der Waals surface area contributed by atoms with Crippen LogP contribution in [0.2, 0.25) is 5.02 Å². The molecule has 0 spiro atoms. The Labute approximate surface area is 116 Å². The molecule has 19 heavy (non-hydrogen) atoms. The van der Waals surface area contributed by atoms with E-state index in [1.807, 2.05) is 54.6 Å². The number of carbonyl (C=O) groups is 1. The molecule has 1 unspecified atom stereocenters. The Hall–Kier alpha value is -2.00. The van der Waals surface area contributed by atoms with E-state index >= 15 is 0 Å². The first-order chi connectivity index (χ1) is 9.27. The quantitative estimate of drug-likeness (QED) is 0.890. The van der Waals surface area contributed by atoms with E-state index in [9.17, 15) is 4.79 Å². The number of nitrogens with one attached hydrogen (secondary N) is 1.